The summed E-state index contributed by atoms with van der Waals surface area (Å²) in [6.07, 6.45) is 0.881. The summed E-state index contributed by atoms with van der Waals surface area (Å²) in [5.74, 6) is -0.302. The SMILES string of the molecule is C=C(CC(C)C)C1NC(=O)CC(c2cccc(Cl)c2)C12C(=O)Nc1cc(Cl)ccc12. The van der Waals surface area contributed by atoms with Gasteiger partial charge in [0.2, 0.25) is 11.8 Å². The van der Waals surface area contributed by atoms with Gasteiger partial charge in [-0.1, -0.05) is 67.4 Å². The maximum absolute atomic E-state index is 13.7. The molecule has 0 radical (unpaired) electrons. The van der Waals surface area contributed by atoms with Crippen molar-refractivity contribution in [3.8, 4) is 0 Å². The monoisotopic (exact) mass is 442 g/mol. The minimum absolute atomic E-state index is 0.101. The third kappa shape index (κ3) is 3.32. The van der Waals surface area contributed by atoms with Gasteiger partial charge in [-0.25, -0.2) is 0 Å². The van der Waals surface area contributed by atoms with E-state index in [0.29, 0.717) is 28.1 Å². The van der Waals surface area contributed by atoms with Crippen LogP contribution in [0.15, 0.2) is 54.6 Å². The predicted octanol–water partition coefficient (Wildman–Crippen LogP) is 5.46. The molecule has 0 bridgehead atoms. The van der Waals surface area contributed by atoms with Gasteiger partial charge in [0.1, 0.15) is 5.41 Å². The molecule has 2 aromatic rings. The Bertz CT molecular complexity index is 1050. The number of nitrogens with one attached hydrogen (secondary N) is 2. The molecule has 2 aliphatic rings. The van der Waals surface area contributed by atoms with Gasteiger partial charge >= 0.3 is 0 Å². The number of benzene rings is 2. The highest BCUT2D eigenvalue weighted by Gasteiger charge is 2.61. The summed E-state index contributed by atoms with van der Waals surface area (Å²) in [5, 5.41) is 7.22. The van der Waals surface area contributed by atoms with Crippen molar-refractivity contribution in [2.75, 3.05) is 5.32 Å². The van der Waals surface area contributed by atoms with Crippen LogP contribution in [0.5, 0.6) is 0 Å². The Labute approximate surface area is 186 Å². The first-order valence-corrected chi connectivity index (χ1v) is 10.8. The molecule has 2 amide bonds. The van der Waals surface area contributed by atoms with Crippen LogP contribution in [0.1, 0.15) is 43.7 Å². The van der Waals surface area contributed by atoms with Crippen LogP contribution >= 0.6 is 23.2 Å². The molecule has 4 rings (SSSR count). The number of carbonyl (C=O) groups excluding carboxylic acids is 2. The maximum Gasteiger partial charge on any atom is 0.238 e. The van der Waals surface area contributed by atoms with Gasteiger partial charge in [0.05, 0.1) is 6.04 Å². The Hall–Kier alpha value is -2.30. The van der Waals surface area contributed by atoms with Gasteiger partial charge in [-0.15, -0.1) is 0 Å². The van der Waals surface area contributed by atoms with E-state index >= 15 is 0 Å². The molecular formula is C24H24Cl2N2O2. The quantitative estimate of drug-likeness (QED) is 0.617. The first-order valence-electron chi connectivity index (χ1n) is 10.1. The molecule has 1 spiro atoms. The zero-order chi connectivity index (χ0) is 21.6. The highest BCUT2D eigenvalue weighted by atomic mass is 35.5. The van der Waals surface area contributed by atoms with Crippen molar-refractivity contribution in [2.24, 2.45) is 5.92 Å². The van der Waals surface area contributed by atoms with Crippen molar-refractivity contribution in [3.63, 3.8) is 0 Å². The standard InChI is InChI=1S/C24H24Cl2N2O2/c1-13(2)9-14(3)22-24(18-8-7-17(26)11-20(18)27-23(24)30)19(12-21(29)28-22)15-5-4-6-16(25)10-15/h4-8,10-11,13,19,22H,3,9,12H2,1-2H3,(H,27,30)(H,28,29). The number of rotatable bonds is 4. The van der Waals surface area contributed by atoms with E-state index < -0.39 is 11.5 Å². The number of hydrogen-bond donors (Lipinski definition) is 2. The number of carbonyl (C=O) groups is 2. The largest absolute Gasteiger partial charge is 0.348 e. The molecular weight excluding hydrogens is 419 g/mol. The second kappa shape index (κ2) is 7.75. The van der Waals surface area contributed by atoms with Crippen LogP contribution in [0.4, 0.5) is 5.69 Å². The van der Waals surface area contributed by atoms with Gasteiger partial charge in [-0.3, -0.25) is 9.59 Å². The molecule has 2 aliphatic heterocycles. The minimum Gasteiger partial charge on any atom is -0.348 e. The number of fused-ring (bicyclic) bond motifs is 2. The van der Waals surface area contributed by atoms with Crippen molar-refractivity contribution in [2.45, 2.75) is 44.1 Å². The summed E-state index contributed by atoms with van der Waals surface area (Å²) in [5.41, 5.74) is 2.18. The summed E-state index contributed by atoms with van der Waals surface area (Å²) in [6.45, 7) is 8.49. The highest BCUT2D eigenvalue weighted by Crippen LogP contribution is 2.54. The molecule has 1 saturated heterocycles. The van der Waals surface area contributed by atoms with Crippen LogP contribution in [0, 0.1) is 5.92 Å². The first-order chi connectivity index (χ1) is 14.2. The third-order valence-electron chi connectivity index (χ3n) is 6.08. The van der Waals surface area contributed by atoms with Gasteiger partial charge < -0.3 is 10.6 Å². The Balaban J connectivity index is 1.97. The Kier molecular flexibility index (Phi) is 5.41. The lowest BCUT2D eigenvalue weighted by Crippen LogP contribution is -2.62. The van der Waals surface area contributed by atoms with E-state index in [2.05, 4.69) is 31.1 Å². The van der Waals surface area contributed by atoms with E-state index in [4.69, 9.17) is 23.2 Å². The Morgan fingerprint density at radius 2 is 1.90 bits per heavy atom. The van der Waals surface area contributed by atoms with E-state index in [1.807, 2.05) is 24.3 Å². The fourth-order valence-electron chi connectivity index (χ4n) is 5.01. The number of halogens is 2. The molecule has 2 N–H and O–H groups in total. The van der Waals surface area contributed by atoms with Crippen LogP contribution in [0.3, 0.4) is 0 Å². The molecule has 3 atom stereocenters. The van der Waals surface area contributed by atoms with Crippen LogP contribution in [0.25, 0.3) is 0 Å². The molecule has 2 heterocycles. The summed E-state index contributed by atoms with van der Waals surface area (Å²) in [7, 11) is 0. The zero-order valence-corrected chi connectivity index (χ0v) is 18.5. The fourth-order valence-corrected chi connectivity index (χ4v) is 5.38. The molecule has 156 valence electrons. The van der Waals surface area contributed by atoms with E-state index in [0.717, 1.165) is 16.7 Å². The van der Waals surface area contributed by atoms with Crippen molar-refractivity contribution in [1.29, 1.82) is 0 Å². The van der Waals surface area contributed by atoms with Crippen LogP contribution < -0.4 is 10.6 Å². The minimum atomic E-state index is -1.02. The van der Waals surface area contributed by atoms with Crippen molar-refractivity contribution >= 4 is 40.7 Å². The molecule has 30 heavy (non-hydrogen) atoms. The summed E-state index contributed by atoms with van der Waals surface area (Å²) in [4.78, 5) is 26.5. The van der Waals surface area contributed by atoms with Crippen molar-refractivity contribution in [3.05, 3.63) is 75.8 Å². The predicted molar refractivity (Wildman–Crippen MR) is 121 cm³/mol. The molecule has 0 aromatic heterocycles. The summed E-state index contributed by atoms with van der Waals surface area (Å²) >= 11 is 12.5. The fraction of sp³-hybridized carbons (Fsp3) is 0.333. The molecule has 0 aliphatic carbocycles. The number of piperidine rings is 1. The highest BCUT2D eigenvalue weighted by molar-refractivity contribution is 6.31. The molecule has 4 nitrogen and oxygen atoms in total. The topological polar surface area (TPSA) is 58.2 Å². The molecule has 6 heteroatoms. The van der Waals surface area contributed by atoms with E-state index in [9.17, 15) is 9.59 Å². The van der Waals surface area contributed by atoms with Crippen LogP contribution in [-0.2, 0) is 15.0 Å². The molecule has 2 aromatic carbocycles. The summed E-state index contributed by atoms with van der Waals surface area (Å²) in [6, 6.07) is 12.3. The maximum atomic E-state index is 13.7. The van der Waals surface area contributed by atoms with Gasteiger partial charge in [0, 0.05) is 28.1 Å². The van der Waals surface area contributed by atoms with Crippen LogP contribution in [0.2, 0.25) is 10.0 Å². The van der Waals surface area contributed by atoms with Crippen LogP contribution in [-0.4, -0.2) is 17.9 Å². The third-order valence-corrected chi connectivity index (χ3v) is 6.55. The van der Waals surface area contributed by atoms with Gasteiger partial charge in [-0.05, 0) is 47.7 Å². The van der Waals surface area contributed by atoms with Gasteiger partial charge in [0.15, 0.2) is 0 Å². The molecule has 3 unspecified atom stereocenters. The number of hydrogen-bond acceptors (Lipinski definition) is 2. The van der Waals surface area contributed by atoms with E-state index in [-0.39, 0.29) is 24.2 Å². The number of anilines is 1. The average molecular weight is 443 g/mol. The second-order valence-corrected chi connectivity index (χ2v) is 9.45. The van der Waals surface area contributed by atoms with E-state index in [1.165, 1.54) is 0 Å². The Morgan fingerprint density at radius 3 is 2.60 bits per heavy atom. The van der Waals surface area contributed by atoms with Crippen molar-refractivity contribution in [1.82, 2.24) is 5.32 Å². The normalized spacial score (nSPS) is 25.2. The molecule has 0 saturated carbocycles. The van der Waals surface area contributed by atoms with Crippen molar-refractivity contribution < 1.29 is 9.59 Å². The average Bonchev–Trinajstić information content (AvgIpc) is 2.94. The van der Waals surface area contributed by atoms with Gasteiger partial charge in [-0.2, -0.15) is 0 Å². The first kappa shape index (κ1) is 21.0. The lowest BCUT2D eigenvalue weighted by molar-refractivity contribution is -0.130. The lowest BCUT2D eigenvalue weighted by Gasteiger charge is -2.47. The Morgan fingerprint density at radius 1 is 1.17 bits per heavy atom. The lowest BCUT2D eigenvalue weighted by atomic mass is 9.59. The van der Waals surface area contributed by atoms with Gasteiger partial charge in [0.25, 0.3) is 0 Å². The van der Waals surface area contributed by atoms with E-state index in [1.54, 1.807) is 18.2 Å². The smallest absolute Gasteiger partial charge is 0.238 e. The number of amides is 2. The second-order valence-electron chi connectivity index (χ2n) is 8.58. The zero-order valence-electron chi connectivity index (χ0n) is 17.0. The summed E-state index contributed by atoms with van der Waals surface area (Å²) < 4.78 is 0. The molecule has 1 fully saturated rings.